The molecule has 0 aliphatic carbocycles. The van der Waals surface area contributed by atoms with Crippen molar-refractivity contribution in [3.63, 3.8) is 0 Å². The Bertz CT molecular complexity index is 908. The van der Waals surface area contributed by atoms with Gasteiger partial charge in [-0.15, -0.1) is 0 Å². The number of fused-ring (bicyclic) bond motifs is 1. The van der Waals surface area contributed by atoms with Crippen LogP contribution in [0.3, 0.4) is 0 Å². The van der Waals surface area contributed by atoms with E-state index in [1.54, 1.807) is 28.2 Å². The molecular formula is C18H19N5O2. The van der Waals surface area contributed by atoms with Gasteiger partial charge in [-0.1, -0.05) is 18.2 Å². The summed E-state index contributed by atoms with van der Waals surface area (Å²) in [4.78, 5) is 22.9. The SMILES string of the molecule is Cn1nc(C(=O)N2C[C@@H](Cc3cnccn3)[C@H](O)C2)c2ccccc21. The number of β-amino-alcohol motifs (C(OH)–C–C–N with tert-alkyl or cyclic N) is 1. The van der Waals surface area contributed by atoms with Gasteiger partial charge in [-0.2, -0.15) is 5.10 Å². The Morgan fingerprint density at radius 1 is 1.28 bits per heavy atom. The minimum absolute atomic E-state index is 0.0457. The third-order valence-corrected chi connectivity index (χ3v) is 4.74. The van der Waals surface area contributed by atoms with Gasteiger partial charge in [-0.25, -0.2) is 0 Å². The number of likely N-dealkylation sites (tertiary alicyclic amines) is 1. The van der Waals surface area contributed by atoms with E-state index in [4.69, 9.17) is 0 Å². The van der Waals surface area contributed by atoms with E-state index in [0.717, 1.165) is 16.6 Å². The average Bonchev–Trinajstić information content (AvgIpc) is 3.16. The van der Waals surface area contributed by atoms with Crippen LogP contribution >= 0.6 is 0 Å². The molecule has 2 aromatic heterocycles. The minimum atomic E-state index is -0.569. The predicted octanol–water partition coefficient (Wildman–Crippen LogP) is 1.04. The molecule has 0 saturated carbocycles. The first-order valence-corrected chi connectivity index (χ1v) is 8.27. The molecule has 0 unspecified atom stereocenters. The van der Waals surface area contributed by atoms with Crippen molar-refractivity contribution < 1.29 is 9.90 Å². The molecule has 0 radical (unpaired) electrons. The van der Waals surface area contributed by atoms with Gasteiger partial charge >= 0.3 is 0 Å². The van der Waals surface area contributed by atoms with Crippen LogP contribution in [0.2, 0.25) is 0 Å². The molecule has 2 atom stereocenters. The van der Waals surface area contributed by atoms with Gasteiger partial charge < -0.3 is 10.0 Å². The molecule has 1 fully saturated rings. The van der Waals surface area contributed by atoms with E-state index < -0.39 is 6.10 Å². The quantitative estimate of drug-likeness (QED) is 0.772. The van der Waals surface area contributed by atoms with Gasteiger partial charge in [0.2, 0.25) is 0 Å². The van der Waals surface area contributed by atoms with Gasteiger partial charge in [0.05, 0.1) is 17.3 Å². The summed E-state index contributed by atoms with van der Waals surface area (Å²) in [7, 11) is 1.83. The van der Waals surface area contributed by atoms with Crippen LogP contribution in [-0.2, 0) is 13.5 Å². The number of aryl methyl sites for hydroxylation is 1. The number of hydrogen-bond acceptors (Lipinski definition) is 5. The van der Waals surface area contributed by atoms with Gasteiger partial charge in [-0.3, -0.25) is 19.4 Å². The maximum absolute atomic E-state index is 12.9. The monoisotopic (exact) mass is 337 g/mol. The number of aliphatic hydroxyl groups excluding tert-OH is 1. The van der Waals surface area contributed by atoms with Gasteiger partial charge in [-0.05, 0) is 12.5 Å². The van der Waals surface area contributed by atoms with Crippen molar-refractivity contribution in [2.24, 2.45) is 13.0 Å². The topological polar surface area (TPSA) is 84.1 Å². The molecule has 25 heavy (non-hydrogen) atoms. The van der Waals surface area contributed by atoms with Crippen LogP contribution in [0.4, 0.5) is 0 Å². The van der Waals surface area contributed by atoms with Gasteiger partial charge in [0.1, 0.15) is 0 Å². The van der Waals surface area contributed by atoms with E-state index in [2.05, 4.69) is 15.1 Å². The number of para-hydroxylation sites is 1. The molecule has 7 nitrogen and oxygen atoms in total. The number of carbonyl (C=O) groups excluding carboxylic acids is 1. The fraction of sp³-hybridized carbons (Fsp3) is 0.333. The molecule has 1 N–H and O–H groups in total. The van der Waals surface area contributed by atoms with E-state index in [0.29, 0.717) is 25.2 Å². The summed E-state index contributed by atoms with van der Waals surface area (Å²) in [6.07, 6.45) is 4.99. The lowest BCUT2D eigenvalue weighted by atomic mass is 10.0. The average molecular weight is 337 g/mol. The van der Waals surface area contributed by atoms with Crippen LogP contribution in [0.5, 0.6) is 0 Å². The Morgan fingerprint density at radius 3 is 2.92 bits per heavy atom. The van der Waals surface area contributed by atoms with Crippen molar-refractivity contribution in [3.05, 3.63) is 54.2 Å². The van der Waals surface area contributed by atoms with Crippen molar-refractivity contribution in [2.45, 2.75) is 12.5 Å². The van der Waals surface area contributed by atoms with Crippen molar-refractivity contribution in [3.8, 4) is 0 Å². The summed E-state index contributed by atoms with van der Waals surface area (Å²) in [5.74, 6) is -0.187. The molecule has 7 heteroatoms. The van der Waals surface area contributed by atoms with Crippen molar-refractivity contribution in [2.75, 3.05) is 13.1 Å². The number of amides is 1. The molecule has 3 heterocycles. The summed E-state index contributed by atoms with van der Waals surface area (Å²) in [6, 6.07) is 7.67. The highest BCUT2D eigenvalue weighted by molar-refractivity contribution is 6.04. The molecule has 4 rings (SSSR count). The lowest BCUT2D eigenvalue weighted by Gasteiger charge is -2.14. The Balaban J connectivity index is 1.55. The standard InChI is InChI=1S/C18H19N5O2/c1-22-15-5-3-2-4-14(15)17(21-22)18(25)23-10-12(16(24)11-23)8-13-9-19-6-7-20-13/h2-7,9,12,16,24H,8,10-11H2,1H3/t12-,16-/m1/s1. The second-order valence-electron chi connectivity index (χ2n) is 6.43. The van der Waals surface area contributed by atoms with Crippen LogP contribution in [0, 0.1) is 5.92 Å². The van der Waals surface area contributed by atoms with Crippen LogP contribution in [0.15, 0.2) is 42.9 Å². The maximum atomic E-state index is 12.9. The molecule has 128 valence electrons. The summed E-state index contributed by atoms with van der Waals surface area (Å²) in [5.41, 5.74) is 2.18. The number of rotatable bonds is 3. The highest BCUT2D eigenvalue weighted by atomic mass is 16.3. The van der Waals surface area contributed by atoms with Crippen LogP contribution in [0.1, 0.15) is 16.2 Å². The van der Waals surface area contributed by atoms with E-state index in [1.165, 1.54) is 0 Å². The highest BCUT2D eigenvalue weighted by Gasteiger charge is 2.36. The zero-order valence-electron chi connectivity index (χ0n) is 13.9. The Hall–Kier alpha value is -2.80. The summed E-state index contributed by atoms with van der Waals surface area (Å²) >= 11 is 0. The summed E-state index contributed by atoms with van der Waals surface area (Å²) in [6.45, 7) is 0.802. The number of aliphatic hydroxyl groups is 1. The van der Waals surface area contributed by atoms with E-state index in [-0.39, 0.29) is 11.8 Å². The van der Waals surface area contributed by atoms with Crippen LogP contribution in [-0.4, -0.2) is 54.9 Å². The second kappa shape index (κ2) is 6.25. The molecule has 3 aromatic rings. The Labute approximate surface area is 144 Å². The van der Waals surface area contributed by atoms with Gasteiger partial charge in [0.25, 0.3) is 5.91 Å². The number of carbonyl (C=O) groups is 1. The Kier molecular flexibility index (Phi) is 3.93. The van der Waals surface area contributed by atoms with E-state index in [9.17, 15) is 9.90 Å². The first-order chi connectivity index (χ1) is 12.1. The van der Waals surface area contributed by atoms with E-state index in [1.807, 2.05) is 31.3 Å². The number of nitrogens with zero attached hydrogens (tertiary/aromatic N) is 5. The lowest BCUT2D eigenvalue weighted by molar-refractivity contribution is 0.0760. The molecule has 1 aliphatic rings. The first kappa shape index (κ1) is 15.7. The Morgan fingerprint density at radius 2 is 2.12 bits per heavy atom. The van der Waals surface area contributed by atoms with Gasteiger partial charge in [0.15, 0.2) is 5.69 Å². The normalized spacial score (nSPS) is 20.3. The number of benzene rings is 1. The summed E-state index contributed by atoms with van der Waals surface area (Å²) < 4.78 is 1.71. The fourth-order valence-corrected chi connectivity index (χ4v) is 3.45. The molecule has 1 aromatic carbocycles. The maximum Gasteiger partial charge on any atom is 0.275 e. The third kappa shape index (κ3) is 2.87. The smallest absolute Gasteiger partial charge is 0.275 e. The zero-order valence-corrected chi connectivity index (χ0v) is 13.9. The largest absolute Gasteiger partial charge is 0.391 e. The zero-order chi connectivity index (χ0) is 17.4. The second-order valence-corrected chi connectivity index (χ2v) is 6.43. The number of aromatic nitrogens is 4. The molecule has 1 amide bonds. The predicted molar refractivity (Wildman–Crippen MR) is 91.9 cm³/mol. The lowest BCUT2D eigenvalue weighted by Crippen LogP contribution is -2.30. The molecule has 1 aliphatic heterocycles. The van der Waals surface area contributed by atoms with Crippen molar-refractivity contribution in [1.29, 1.82) is 0 Å². The van der Waals surface area contributed by atoms with Crippen LogP contribution < -0.4 is 0 Å². The highest BCUT2D eigenvalue weighted by Crippen LogP contribution is 2.25. The van der Waals surface area contributed by atoms with Crippen LogP contribution in [0.25, 0.3) is 10.9 Å². The van der Waals surface area contributed by atoms with Crippen molar-refractivity contribution in [1.82, 2.24) is 24.6 Å². The minimum Gasteiger partial charge on any atom is -0.391 e. The molecule has 0 bridgehead atoms. The van der Waals surface area contributed by atoms with Gasteiger partial charge in [0, 0.05) is 50.0 Å². The fourth-order valence-electron chi connectivity index (χ4n) is 3.45. The molecule has 1 saturated heterocycles. The third-order valence-electron chi connectivity index (χ3n) is 4.74. The summed E-state index contributed by atoms with van der Waals surface area (Å²) in [5, 5.41) is 15.6. The van der Waals surface area contributed by atoms with E-state index >= 15 is 0 Å². The molecular weight excluding hydrogens is 318 g/mol. The van der Waals surface area contributed by atoms with Crippen molar-refractivity contribution >= 4 is 16.8 Å². The number of hydrogen-bond donors (Lipinski definition) is 1. The first-order valence-electron chi connectivity index (χ1n) is 8.27. The molecule has 0 spiro atoms.